The van der Waals surface area contributed by atoms with Crippen LogP contribution in [0.15, 0.2) is 59.7 Å². The van der Waals surface area contributed by atoms with Crippen molar-refractivity contribution >= 4 is 10.9 Å². The molecule has 3 rings (SSSR count). The summed E-state index contributed by atoms with van der Waals surface area (Å²) in [4.78, 5) is 11.7. The molecular weight excluding hydrogens is 250 g/mol. The van der Waals surface area contributed by atoms with E-state index in [1.165, 1.54) is 10.9 Å². The van der Waals surface area contributed by atoms with Crippen LogP contribution in [-0.2, 0) is 19.6 Å². The molecule has 4 nitrogen and oxygen atoms in total. The Kier molecular flexibility index (Phi) is 3.39. The summed E-state index contributed by atoms with van der Waals surface area (Å²) >= 11 is 0. The molecular formula is C16H17N3O. The number of rotatable bonds is 4. The summed E-state index contributed by atoms with van der Waals surface area (Å²) in [5.41, 5.74) is 8.14. The van der Waals surface area contributed by atoms with Gasteiger partial charge in [-0.1, -0.05) is 24.3 Å². The third kappa shape index (κ3) is 2.26. The zero-order chi connectivity index (χ0) is 13.9. The minimum atomic E-state index is 0.0306. The fraction of sp³-hybridized carbons (Fsp3) is 0.188. The Hall–Kier alpha value is -2.33. The third-order valence-corrected chi connectivity index (χ3v) is 3.57. The van der Waals surface area contributed by atoms with Crippen LogP contribution < -0.4 is 11.3 Å². The molecule has 1 aromatic carbocycles. The first-order valence-corrected chi connectivity index (χ1v) is 6.72. The van der Waals surface area contributed by atoms with Crippen LogP contribution in [-0.4, -0.2) is 9.13 Å². The van der Waals surface area contributed by atoms with Crippen LogP contribution in [0, 0.1) is 0 Å². The average Bonchev–Trinajstić information content (AvgIpc) is 2.90. The van der Waals surface area contributed by atoms with Gasteiger partial charge in [-0.25, -0.2) is 0 Å². The Morgan fingerprint density at radius 3 is 2.55 bits per heavy atom. The van der Waals surface area contributed by atoms with Crippen molar-refractivity contribution in [2.24, 2.45) is 5.73 Å². The van der Waals surface area contributed by atoms with Crippen molar-refractivity contribution in [2.45, 2.75) is 19.6 Å². The second-order valence-corrected chi connectivity index (χ2v) is 4.80. The number of nitrogens with two attached hydrogens (primary N) is 1. The summed E-state index contributed by atoms with van der Waals surface area (Å²) in [5.74, 6) is 0. The van der Waals surface area contributed by atoms with Gasteiger partial charge in [0.1, 0.15) is 0 Å². The van der Waals surface area contributed by atoms with E-state index in [2.05, 4.69) is 22.9 Å². The Balaban J connectivity index is 1.92. The first kappa shape index (κ1) is 12.7. The highest BCUT2D eigenvalue weighted by molar-refractivity contribution is 5.83. The summed E-state index contributed by atoms with van der Waals surface area (Å²) in [7, 11) is 0. The molecule has 4 heteroatoms. The van der Waals surface area contributed by atoms with Crippen LogP contribution in [0.5, 0.6) is 0 Å². The normalized spacial score (nSPS) is 11.1. The maximum Gasteiger partial charge on any atom is 0.250 e. The smallest absolute Gasteiger partial charge is 0.250 e. The lowest BCUT2D eigenvalue weighted by Crippen LogP contribution is -2.20. The number of para-hydroxylation sites is 1. The number of nitrogens with zero attached hydrogens (tertiary/aromatic N) is 2. The quantitative estimate of drug-likeness (QED) is 0.785. The molecule has 0 saturated heterocycles. The summed E-state index contributed by atoms with van der Waals surface area (Å²) in [6.07, 6.45) is 3.87. The van der Waals surface area contributed by atoms with Crippen molar-refractivity contribution in [1.82, 2.24) is 9.13 Å². The number of benzene rings is 1. The van der Waals surface area contributed by atoms with Crippen molar-refractivity contribution in [1.29, 1.82) is 0 Å². The summed E-state index contributed by atoms with van der Waals surface area (Å²) in [6, 6.07) is 13.5. The summed E-state index contributed by atoms with van der Waals surface area (Å²) < 4.78 is 3.88. The molecule has 0 aliphatic rings. The Labute approximate surface area is 117 Å². The van der Waals surface area contributed by atoms with E-state index in [4.69, 9.17) is 5.73 Å². The number of aryl methyl sites for hydroxylation is 2. The molecule has 0 radical (unpaired) electrons. The van der Waals surface area contributed by atoms with E-state index in [1.54, 1.807) is 16.7 Å². The van der Waals surface area contributed by atoms with Gasteiger partial charge in [0.2, 0.25) is 0 Å². The highest BCUT2D eigenvalue weighted by atomic mass is 16.1. The largest absolute Gasteiger partial charge is 0.345 e. The average molecular weight is 267 g/mol. The molecule has 0 aliphatic heterocycles. The topological polar surface area (TPSA) is 52.9 Å². The number of fused-ring (bicyclic) bond motifs is 1. The van der Waals surface area contributed by atoms with E-state index in [1.807, 2.05) is 24.4 Å². The van der Waals surface area contributed by atoms with Gasteiger partial charge in [-0.2, -0.15) is 0 Å². The van der Waals surface area contributed by atoms with Crippen LogP contribution in [0.2, 0.25) is 0 Å². The Morgan fingerprint density at radius 2 is 1.75 bits per heavy atom. The Morgan fingerprint density at radius 1 is 0.900 bits per heavy atom. The summed E-state index contributed by atoms with van der Waals surface area (Å²) in [5, 5.41) is 1.19. The molecule has 0 unspecified atom stereocenters. The molecule has 2 heterocycles. The molecule has 0 saturated carbocycles. The van der Waals surface area contributed by atoms with Gasteiger partial charge in [-0.3, -0.25) is 4.79 Å². The van der Waals surface area contributed by atoms with E-state index in [-0.39, 0.29) is 5.56 Å². The zero-order valence-electron chi connectivity index (χ0n) is 11.2. The molecule has 0 atom stereocenters. The van der Waals surface area contributed by atoms with Gasteiger partial charge in [-0.15, -0.1) is 0 Å². The lowest BCUT2D eigenvalue weighted by Gasteiger charge is -2.10. The minimum Gasteiger partial charge on any atom is -0.345 e. The maximum absolute atomic E-state index is 11.7. The monoisotopic (exact) mass is 267 g/mol. The van der Waals surface area contributed by atoms with E-state index in [9.17, 15) is 4.79 Å². The van der Waals surface area contributed by atoms with Crippen LogP contribution in [0.1, 0.15) is 5.56 Å². The van der Waals surface area contributed by atoms with E-state index in [0.29, 0.717) is 13.1 Å². The third-order valence-electron chi connectivity index (χ3n) is 3.57. The molecule has 2 aromatic heterocycles. The first-order valence-electron chi connectivity index (χ1n) is 6.72. The fourth-order valence-corrected chi connectivity index (χ4v) is 2.55. The highest BCUT2D eigenvalue weighted by Gasteiger charge is 2.05. The van der Waals surface area contributed by atoms with Crippen LogP contribution in [0.4, 0.5) is 0 Å². The van der Waals surface area contributed by atoms with Gasteiger partial charge < -0.3 is 14.9 Å². The lowest BCUT2D eigenvalue weighted by molar-refractivity contribution is 0.576. The molecule has 20 heavy (non-hydrogen) atoms. The predicted octanol–water partition coefficient (Wildman–Crippen LogP) is 1.96. The van der Waals surface area contributed by atoms with Gasteiger partial charge >= 0.3 is 0 Å². The standard InChI is InChI=1S/C16H17N3O/c17-12-14-5-3-4-13-7-9-19(16(13)14)11-10-18-8-2-1-6-15(18)20/h1-9H,10-12,17H2. The van der Waals surface area contributed by atoms with Gasteiger partial charge in [0, 0.05) is 38.1 Å². The molecule has 102 valence electrons. The van der Waals surface area contributed by atoms with Crippen molar-refractivity contribution in [3.05, 3.63) is 70.8 Å². The zero-order valence-corrected chi connectivity index (χ0v) is 11.2. The molecule has 0 fully saturated rings. The number of aromatic nitrogens is 2. The molecule has 0 spiro atoms. The number of hydrogen-bond acceptors (Lipinski definition) is 2. The lowest BCUT2D eigenvalue weighted by atomic mass is 10.1. The van der Waals surface area contributed by atoms with E-state index in [0.717, 1.165) is 12.1 Å². The Bertz CT molecular complexity index is 786. The minimum absolute atomic E-state index is 0.0306. The predicted molar refractivity (Wildman–Crippen MR) is 80.5 cm³/mol. The van der Waals surface area contributed by atoms with E-state index < -0.39 is 0 Å². The second-order valence-electron chi connectivity index (χ2n) is 4.80. The second kappa shape index (κ2) is 5.35. The van der Waals surface area contributed by atoms with Crippen LogP contribution >= 0.6 is 0 Å². The molecule has 2 N–H and O–H groups in total. The van der Waals surface area contributed by atoms with Crippen LogP contribution in [0.25, 0.3) is 10.9 Å². The molecule has 0 bridgehead atoms. The van der Waals surface area contributed by atoms with Crippen LogP contribution in [0.3, 0.4) is 0 Å². The van der Waals surface area contributed by atoms with Crippen molar-refractivity contribution in [3.8, 4) is 0 Å². The van der Waals surface area contributed by atoms with Gasteiger partial charge in [-0.05, 0) is 23.1 Å². The van der Waals surface area contributed by atoms with Gasteiger partial charge in [0.15, 0.2) is 0 Å². The SMILES string of the molecule is NCc1cccc2ccn(CCn3ccccc3=O)c12. The first-order chi connectivity index (χ1) is 9.79. The van der Waals surface area contributed by atoms with Crippen molar-refractivity contribution in [2.75, 3.05) is 0 Å². The van der Waals surface area contributed by atoms with Gasteiger partial charge in [0.25, 0.3) is 5.56 Å². The van der Waals surface area contributed by atoms with Gasteiger partial charge in [0.05, 0.1) is 5.52 Å². The number of hydrogen-bond donors (Lipinski definition) is 1. The molecule has 0 amide bonds. The molecule has 3 aromatic rings. The number of pyridine rings is 1. The van der Waals surface area contributed by atoms with Crippen molar-refractivity contribution in [3.63, 3.8) is 0 Å². The fourth-order valence-electron chi connectivity index (χ4n) is 2.55. The van der Waals surface area contributed by atoms with E-state index >= 15 is 0 Å². The molecule has 0 aliphatic carbocycles. The summed E-state index contributed by atoms with van der Waals surface area (Å²) in [6.45, 7) is 1.93. The highest BCUT2D eigenvalue weighted by Crippen LogP contribution is 2.20. The maximum atomic E-state index is 11.7. The van der Waals surface area contributed by atoms with Crippen molar-refractivity contribution < 1.29 is 0 Å².